The van der Waals surface area contributed by atoms with Crippen molar-refractivity contribution in [1.29, 1.82) is 0 Å². The maximum atomic E-state index is 12.4. The molecule has 0 aliphatic rings. The minimum absolute atomic E-state index is 0.0769. The van der Waals surface area contributed by atoms with Crippen LogP contribution in [0.15, 0.2) is 5.18 Å². The quantitative estimate of drug-likeness (QED) is 0.0536. The van der Waals surface area contributed by atoms with Gasteiger partial charge in [-0.2, -0.15) is 4.91 Å². The Labute approximate surface area is 264 Å². The molecule has 0 atom stereocenters. The first-order valence-corrected chi connectivity index (χ1v) is 19.3. The van der Waals surface area contributed by atoms with Crippen molar-refractivity contribution in [3.8, 4) is 0 Å². The van der Waals surface area contributed by atoms with Gasteiger partial charge in [0.2, 0.25) is 5.91 Å². The Morgan fingerprint density at radius 1 is 0.381 bits per heavy atom. The van der Waals surface area contributed by atoms with Crippen molar-refractivity contribution < 1.29 is 4.79 Å². The molecule has 0 unspecified atom stereocenters. The lowest BCUT2D eigenvalue weighted by Gasteiger charge is -2.21. The third-order valence-electron chi connectivity index (χ3n) is 9.12. The summed E-state index contributed by atoms with van der Waals surface area (Å²) in [5.74, 6) is -0.0769. The molecule has 0 aliphatic heterocycles. The fourth-order valence-corrected chi connectivity index (χ4v) is 6.22. The summed E-state index contributed by atoms with van der Waals surface area (Å²) in [6, 6.07) is 0. The fourth-order valence-electron chi connectivity index (χ4n) is 6.22. The van der Waals surface area contributed by atoms with Crippen LogP contribution in [0.1, 0.15) is 219 Å². The first-order valence-electron chi connectivity index (χ1n) is 19.3. The Bertz CT molecular complexity index is 503. The highest BCUT2D eigenvalue weighted by Gasteiger charge is 2.12. The molecule has 0 saturated heterocycles. The van der Waals surface area contributed by atoms with E-state index in [0.717, 1.165) is 25.9 Å². The Morgan fingerprint density at radius 3 is 0.810 bits per heavy atom. The van der Waals surface area contributed by atoms with E-state index < -0.39 is 0 Å². The molecule has 0 radical (unpaired) electrons. The third kappa shape index (κ3) is 32.0. The number of hydrogen-bond acceptors (Lipinski definition) is 3. The van der Waals surface area contributed by atoms with Crippen LogP contribution in [0.5, 0.6) is 0 Å². The van der Waals surface area contributed by atoms with Crippen molar-refractivity contribution in [3.63, 3.8) is 0 Å². The second-order valence-corrected chi connectivity index (χ2v) is 13.3. The summed E-state index contributed by atoms with van der Waals surface area (Å²) in [7, 11) is 0. The molecule has 0 aromatic rings. The molecule has 0 aromatic carbocycles. The molecule has 4 heteroatoms. The molecule has 0 rings (SSSR count). The smallest absolute Gasteiger partial charge is 0.247 e. The topological polar surface area (TPSA) is 49.7 Å². The first kappa shape index (κ1) is 41.1. The molecule has 0 saturated carbocycles. The van der Waals surface area contributed by atoms with Gasteiger partial charge in [0.15, 0.2) is 6.54 Å². The average molecular weight is 593 g/mol. The van der Waals surface area contributed by atoms with Crippen LogP contribution in [0.4, 0.5) is 0 Å². The second-order valence-electron chi connectivity index (χ2n) is 13.3. The van der Waals surface area contributed by atoms with E-state index >= 15 is 0 Å². The second kappa shape index (κ2) is 36.3. The highest BCUT2D eigenvalue weighted by molar-refractivity contribution is 5.78. The largest absolute Gasteiger partial charge is 0.341 e. The van der Waals surface area contributed by atoms with Gasteiger partial charge in [-0.3, -0.25) is 4.79 Å². The normalized spacial score (nSPS) is 11.3. The predicted octanol–water partition coefficient (Wildman–Crippen LogP) is 13.1. The SMILES string of the molecule is CCCCCCCCCCCCCCCCCCN(CCCCCCCCCCCCCCCCCC)C(=O)CN=O. The Balaban J connectivity index is 3.58. The van der Waals surface area contributed by atoms with Gasteiger partial charge in [-0.1, -0.05) is 212 Å². The van der Waals surface area contributed by atoms with Gasteiger partial charge >= 0.3 is 0 Å². The molecule has 0 bridgehead atoms. The number of carbonyl (C=O) groups excluding carboxylic acids is 1. The average Bonchev–Trinajstić information content (AvgIpc) is 2.99. The monoisotopic (exact) mass is 593 g/mol. The van der Waals surface area contributed by atoms with Crippen molar-refractivity contribution in [2.45, 2.75) is 219 Å². The van der Waals surface area contributed by atoms with Crippen molar-refractivity contribution in [2.24, 2.45) is 5.18 Å². The summed E-state index contributed by atoms with van der Waals surface area (Å²) in [5.41, 5.74) is 0. The number of unbranched alkanes of at least 4 members (excludes halogenated alkanes) is 30. The predicted molar refractivity (Wildman–Crippen MR) is 186 cm³/mol. The first-order chi connectivity index (χ1) is 20.8. The van der Waals surface area contributed by atoms with Gasteiger partial charge in [-0.25, -0.2) is 0 Å². The van der Waals surface area contributed by atoms with Crippen LogP contribution < -0.4 is 0 Å². The molecular formula is C38H76N2O2. The van der Waals surface area contributed by atoms with Gasteiger partial charge in [-0.05, 0) is 12.8 Å². The summed E-state index contributed by atoms with van der Waals surface area (Å²) < 4.78 is 0. The summed E-state index contributed by atoms with van der Waals surface area (Å²) in [6.45, 7) is 5.97. The summed E-state index contributed by atoms with van der Waals surface area (Å²) in [4.78, 5) is 24.9. The molecule has 42 heavy (non-hydrogen) atoms. The Morgan fingerprint density at radius 2 is 0.595 bits per heavy atom. The lowest BCUT2D eigenvalue weighted by atomic mass is 10.0. The van der Waals surface area contributed by atoms with Gasteiger partial charge in [-0.15, -0.1) is 0 Å². The summed E-state index contributed by atoms with van der Waals surface area (Å²) in [6.07, 6.45) is 43.5. The molecule has 0 N–H and O–H groups in total. The molecular weight excluding hydrogens is 516 g/mol. The van der Waals surface area contributed by atoms with Gasteiger partial charge in [0, 0.05) is 13.1 Å². The molecule has 0 fully saturated rings. The van der Waals surface area contributed by atoms with Crippen LogP contribution >= 0.6 is 0 Å². The van der Waals surface area contributed by atoms with Crippen LogP contribution in [0.25, 0.3) is 0 Å². The van der Waals surface area contributed by atoms with Crippen molar-refractivity contribution in [2.75, 3.05) is 19.6 Å². The maximum Gasteiger partial charge on any atom is 0.247 e. The minimum Gasteiger partial charge on any atom is -0.341 e. The van der Waals surface area contributed by atoms with Gasteiger partial charge in [0.05, 0.1) is 0 Å². The molecule has 4 nitrogen and oxygen atoms in total. The molecule has 0 spiro atoms. The van der Waals surface area contributed by atoms with Crippen molar-refractivity contribution in [1.82, 2.24) is 4.90 Å². The van der Waals surface area contributed by atoms with Crippen LogP contribution in [0.2, 0.25) is 0 Å². The number of nitroso groups, excluding NO2 is 1. The number of amides is 1. The van der Waals surface area contributed by atoms with Crippen molar-refractivity contribution in [3.05, 3.63) is 4.91 Å². The van der Waals surface area contributed by atoms with Crippen LogP contribution in [0.3, 0.4) is 0 Å². The summed E-state index contributed by atoms with van der Waals surface area (Å²) in [5, 5.41) is 2.86. The van der Waals surface area contributed by atoms with Gasteiger partial charge in [0.1, 0.15) is 0 Å². The summed E-state index contributed by atoms with van der Waals surface area (Å²) >= 11 is 0. The Hall–Kier alpha value is -0.930. The van der Waals surface area contributed by atoms with Crippen LogP contribution in [-0.2, 0) is 4.79 Å². The molecule has 0 aliphatic carbocycles. The van der Waals surface area contributed by atoms with Crippen molar-refractivity contribution >= 4 is 5.91 Å². The zero-order valence-corrected chi connectivity index (χ0v) is 29.0. The number of rotatable bonds is 36. The van der Waals surface area contributed by atoms with E-state index in [1.165, 1.54) is 193 Å². The number of nitrogens with zero attached hydrogens (tertiary/aromatic N) is 2. The molecule has 0 heterocycles. The lowest BCUT2D eigenvalue weighted by Crippen LogP contribution is -2.34. The van der Waals surface area contributed by atoms with Gasteiger partial charge < -0.3 is 4.90 Å². The highest BCUT2D eigenvalue weighted by Crippen LogP contribution is 2.16. The van der Waals surface area contributed by atoms with E-state index in [2.05, 4.69) is 19.0 Å². The van der Waals surface area contributed by atoms with E-state index in [1.54, 1.807) is 0 Å². The van der Waals surface area contributed by atoms with E-state index in [4.69, 9.17) is 0 Å². The van der Waals surface area contributed by atoms with E-state index in [9.17, 15) is 9.70 Å². The Kier molecular flexibility index (Phi) is 35.5. The molecule has 0 aromatic heterocycles. The maximum absolute atomic E-state index is 12.4. The van der Waals surface area contributed by atoms with E-state index in [0.29, 0.717) is 0 Å². The van der Waals surface area contributed by atoms with Crippen LogP contribution in [-0.4, -0.2) is 30.4 Å². The van der Waals surface area contributed by atoms with Crippen LogP contribution in [0, 0.1) is 4.91 Å². The lowest BCUT2D eigenvalue weighted by molar-refractivity contribution is -0.129. The highest BCUT2D eigenvalue weighted by atomic mass is 16.3. The molecule has 250 valence electrons. The minimum atomic E-state index is -0.197. The zero-order valence-electron chi connectivity index (χ0n) is 29.0. The van der Waals surface area contributed by atoms with E-state index in [-0.39, 0.29) is 12.5 Å². The number of hydrogen-bond donors (Lipinski definition) is 0. The third-order valence-corrected chi connectivity index (χ3v) is 9.12. The standard InChI is InChI=1S/C38H76N2O2/c1-3-5-7-9-11-13-15-17-19-21-23-25-27-29-31-33-35-40(38(41)37-39-42)36-34-32-30-28-26-24-22-20-18-16-14-12-10-8-6-4-2/h3-37H2,1-2H3. The van der Waals surface area contributed by atoms with E-state index in [1.807, 2.05) is 4.90 Å². The van der Waals surface area contributed by atoms with Gasteiger partial charge in [0.25, 0.3) is 0 Å². The zero-order chi connectivity index (χ0) is 30.6. The molecule has 1 amide bonds. The fraction of sp³-hybridized carbons (Fsp3) is 0.974. The number of carbonyl (C=O) groups is 1.